The van der Waals surface area contributed by atoms with Crippen molar-refractivity contribution in [1.29, 1.82) is 0 Å². The van der Waals surface area contributed by atoms with Crippen molar-refractivity contribution in [3.63, 3.8) is 0 Å². The van der Waals surface area contributed by atoms with Gasteiger partial charge < -0.3 is 24.1 Å². The molecule has 0 amide bonds. The molecular weight excluding hydrogens is 368 g/mol. The zero-order valence-corrected chi connectivity index (χ0v) is 16.3. The molecule has 10 atom stereocenters. The van der Waals surface area contributed by atoms with Crippen LogP contribution in [0.15, 0.2) is 0 Å². The minimum absolute atomic E-state index is 0.0628. The molecule has 0 aromatic heterocycles. The number of aliphatic hydroxyl groups excluding tert-OH is 1. The largest absolute Gasteiger partial charge is 0.459 e. The standard InChI is InChI=1S/C20H24O8/c1-7-11-12(27-14(7)23)13(22)19-9-5-8(17(2,3)4)18(19)6-10(21)26-16(18)28-20(11,19)15(24)25-9/h7-9,11-13,16,22H,5-6H2,1-4H3/t7-,8-,9?,11-,12?,13-,16?,18?,19?,20+/m0/s1. The first kappa shape index (κ1) is 17.2. The number of carbonyl (C=O) groups excluding carboxylic acids is 3. The van der Waals surface area contributed by atoms with Gasteiger partial charge in [-0.05, 0) is 17.8 Å². The van der Waals surface area contributed by atoms with Gasteiger partial charge in [0.05, 0.1) is 29.1 Å². The van der Waals surface area contributed by atoms with Gasteiger partial charge in [0.25, 0.3) is 0 Å². The van der Waals surface area contributed by atoms with Crippen molar-refractivity contribution >= 4 is 17.9 Å². The van der Waals surface area contributed by atoms with Crippen LogP contribution in [0.2, 0.25) is 0 Å². The Bertz CT molecular complexity index is 846. The molecule has 8 nitrogen and oxygen atoms in total. The summed E-state index contributed by atoms with van der Waals surface area (Å²) in [6.07, 6.45) is -2.95. The van der Waals surface area contributed by atoms with Crippen LogP contribution in [0.4, 0.5) is 0 Å². The average molecular weight is 392 g/mol. The van der Waals surface area contributed by atoms with Crippen molar-refractivity contribution in [3.8, 4) is 0 Å². The second kappa shape index (κ2) is 4.41. The molecule has 6 fully saturated rings. The number of hydrogen-bond donors (Lipinski definition) is 1. The number of rotatable bonds is 0. The van der Waals surface area contributed by atoms with Crippen LogP contribution < -0.4 is 0 Å². The first-order valence-corrected chi connectivity index (χ1v) is 10.0. The fourth-order valence-corrected chi connectivity index (χ4v) is 8.12. The predicted octanol–water partition coefficient (Wildman–Crippen LogP) is 0.545. The SMILES string of the molecule is C[C@@H]1C(=O)OC2[C@H]1[C@@]13OC4OC(=O)CC45[C@H](C(C)(C)C)CC(OC1=O)C53[C@H]2O. The first-order valence-electron chi connectivity index (χ1n) is 10.0. The van der Waals surface area contributed by atoms with E-state index in [9.17, 15) is 19.5 Å². The third-order valence-electron chi connectivity index (χ3n) is 8.71. The Morgan fingerprint density at radius 1 is 1.11 bits per heavy atom. The summed E-state index contributed by atoms with van der Waals surface area (Å²) < 4.78 is 23.3. The Hall–Kier alpha value is -1.67. The van der Waals surface area contributed by atoms with Gasteiger partial charge in [-0.3, -0.25) is 9.59 Å². The maximum atomic E-state index is 13.3. The lowest BCUT2D eigenvalue weighted by molar-refractivity contribution is -0.207. The first-order chi connectivity index (χ1) is 13.0. The molecule has 0 radical (unpaired) electrons. The van der Waals surface area contributed by atoms with Gasteiger partial charge in [-0.2, -0.15) is 0 Å². The summed E-state index contributed by atoms with van der Waals surface area (Å²) in [6, 6.07) is 0. The minimum atomic E-state index is -1.53. The van der Waals surface area contributed by atoms with E-state index < -0.39 is 70.8 Å². The predicted molar refractivity (Wildman–Crippen MR) is 89.2 cm³/mol. The van der Waals surface area contributed by atoms with Crippen LogP contribution in [-0.4, -0.2) is 53.2 Å². The quantitative estimate of drug-likeness (QED) is 0.470. The lowest BCUT2D eigenvalue weighted by atomic mass is 9.52. The van der Waals surface area contributed by atoms with Crippen LogP contribution in [0.5, 0.6) is 0 Å². The maximum absolute atomic E-state index is 13.3. The van der Waals surface area contributed by atoms with Crippen molar-refractivity contribution in [2.24, 2.45) is 34.0 Å². The fourth-order valence-electron chi connectivity index (χ4n) is 8.12. The van der Waals surface area contributed by atoms with Crippen LogP contribution in [0.1, 0.15) is 40.5 Å². The van der Waals surface area contributed by atoms with Crippen LogP contribution in [0, 0.1) is 34.0 Å². The van der Waals surface area contributed by atoms with Crippen molar-refractivity contribution in [2.45, 2.75) is 70.7 Å². The highest BCUT2D eigenvalue weighted by Crippen LogP contribution is 2.83. The van der Waals surface area contributed by atoms with Gasteiger partial charge in [0.1, 0.15) is 18.3 Å². The van der Waals surface area contributed by atoms with Gasteiger partial charge in [-0.1, -0.05) is 27.7 Å². The van der Waals surface area contributed by atoms with Crippen molar-refractivity contribution in [1.82, 2.24) is 0 Å². The molecule has 6 rings (SSSR count). The summed E-state index contributed by atoms with van der Waals surface area (Å²) in [4.78, 5) is 38.0. The lowest BCUT2D eigenvalue weighted by Crippen LogP contribution is -2.59. The Kier molecular flexibility index (Phi) is 2.71. The van der Waals surface area contributed by atoms with Crippen molar-refractivity contribution in [2.75, 3.05) is 0 Å². The molecule has 4 heterocycles. The molecule has 8 heteroatoms. The third-order valence-corrected chi connectivity index (χ3v) is 8.71. The van der Waals surface area contributed by atoms with Crippen molar-refractivity contribution < 1.29 is 38.4 Å². The summed E-state index contributed by atoms with van der Waals surface area (Å²) in [5, 5.41) is 11.6. The van der Waals surface area contributed by atoms with E-state index in [4.69, 9.17) is 18.9 Å². The van der Waals surface area contributed by atoms with Crippen LogP contribution in [0.3, 0.4) is 0 Å². The normalized spacial score (nSPS) is 58.2. The number of aliphatic hydroxyl groups is 1. The van der Waals surface area contributed by atoms with E-state index in [0.29, 0.717) is 6.42 Å². The van der Waals surface area contributed by atoms with Gasteiger partial charge >= 0.3 is 17.9 Å². The second-order valence-corrected chi connectivity index (χ2v) is 10.5. The molecule has 1 N–H and O–H groups in total. The monoisotopic (exact) mass is 392 g/mol. The third kappa shape index (κ3) is 1.32. The summed E-state index contributed by atoms with van der Waals surface area (Å²) >= 11 is 0. The topological polar surface area (TPSA) is 108 Å². The minimum Gasteiger partial charge on any atom is -0.459 e. The van der Waals surface area contributed by atoms with E-state index in [2.05, 4.69) is 20.8 Å². The number of ether oxygens (including phenoxy) is 4. The van der Waals surface area contributed by atoms with Gasteiger partial charge in [-0.25, -0.2) is 4.79 Å². The highest BCUT2D eigenvalue weighted by atomic mass is 16.7. The molecule has 4 aliphatic heterocycles. The molecule has 4 saturated heterocycles. The molecule has 0 aromatic carbocycles. The molecular formula is C20H24O8. The molecule has 6 aliphatic rings. The summed E-state index contributed by atoms with van der Waals surface area (Å²) in [5.74, 6) is -2.76. The summed E-state index contributed by atoms with van der Waals surface area (Å²) in [7, 11) is 0. The van der Waals surface area contributed by atoms with Gasteiger partial charge in [0, 0.05) is 0 Å². The summed E-state index contributed by atoms with van der Waals surface area (Å²) in [5.41, 5.74) is -3.82. The van der Waals surface area contributed by atoms with Gasteiger partial charge in [-0.15, -0.1) is 0 Å². The number of esters is 3. The molecule has 28 heavy (non-hydrogen) atoms. The Morgan fingerprint density at radius 3 is 2.50 bits per heavy atom. The fraction of sp³-hybridized carbons (Fsp3) is 0.850. The highest BCUT2D eigenvalue weighted by Gasteiger charge is 2.98. The molecule has 2 saturated carbocycles. The zero-order chi connectivity index (χ0) is 20.0. The number of fused-ring (bicyclic) bond motifs is 1. The van der Waals surface area contributed by atoms with E-state index in [-0.39, 0.29) is 17.8 Å². The molecule has 0 bridgehead atoms. The average Bonchev–Trinajstić information content (AvgIpc) is 3.30. The Labute approximate surface area is 161 Å². The molecule has 5 unspecified atom stereocenters. The van der Waals surface area contributed by atoms with Crippen molar-refractivity contribution in [3.05, 3.63) is 0 Å². The van der Waals surface area contributed by atoms with E-state index >= 15 is 0 Å². The molecule has 2 aliphatic carbocycles. The molecule has 152 valence electrons. The highest BCUT2D eigenvalue weighted by molar-refractivity contribution is 5.91. The second-order valence-electron chi connectivity index (χ2n) is 10.5. The molecule has 0 aromatic rings. The zero-order valence-electron chi connectivity index (χ0n) is 16.3. The Morgan fingerprint density at radius 2 is 1.82 bits per heavy atom. The Balaban J connectivity index is 1.66. The smallest absolute Gasteiger partial charge is 0.340 e. The van der Waals surface area contributed by atoms with Crippen LogP contribution >= 0.6 is 0 Å². The van der Waals surface area contributed by atoms with Gasteiger partial charge in [0.15, 0.2) is 5.60 Å². The van der Waals surface area contributed by atoms with Gasteiger partial charge in [0.2, 0.25) is 6.29 Å². The summed E-state index contributed by atoms with van der Waals surface area (Å²) in [6.45, 7) is 7.93. The van der Waals surface area contributed by atoms with Crippen LogP contribution in [-0.2, 0) is 33.3 Å². The van der Waals surface area contributed by atoms with E-state index in [1.807, 2.05) is 0 Å². The number of carbonyl (C=O) groups is 3. The van der Waals surface area contributed by atoms with E-state index in [1.54, 1.807) is 6.92 Å². The molecule has 2 spiro atoms. The lowest BCUT2D eigenvalue weighted by Gasteiger charge is -2.46. The maximum Gasteiger partial charge on any atom is 0.340 e. The van der Waals surface area contributed by atoms with Crippen LogP contribution in [0.25, 0.3) is 0 Å². The van der Waals surface area contributed by atoms with E-state index in [0.717, 1.165) is 0 Å². The number of hydrogen-bond acceptors (Lipinski definition) is 8. The van der Waals surface area contributed by atoms with E-state index in [1.165, 1.54) is 0 Å².